The molecule has 3 N–H and O–H groups in total. The average Bonchev–Trinajstić information content (AvgIpc) is 2.74. The molecule has 1 saturated heterocycles. The highest BCUT2D eigenvalue weighted by Gasteiger charge is 2.39. The zero-order chi connectivity index (χ0) is 15.8. The van der Waals surface area contributed by atoms with Crippen LogP contribution in [-0.4, -0.2) is 31.5 Å². The van der Waals surface area contributed by atoms with Gasteiger partial charge in [-0.1, -0.05) is 6.92 Å². The summed E-state index contributed by atoms with van der Waals surface area (Å²) in [5.74, 6) is 0. The smallest absolute Gasteiger partial charge is 0.352 e. The Labute approximate surface area is 119 Å². The van der Waals surface area contributed by atoms with Gasteiger partial charge in [0.2, 0.25) is 0 Å². The van der Waals surface area contributed by atoms with Gasteiger partial charge in [0.15, 0.2) is 0 Å². The Morgan fingerprint density at radius 3 is 2.76 bits per heavy atom. The van der Waals surface area contributed by atoms with Gasteiger partial charge in [-0.2, -0.15) is 0 Å². The number of aromatic amines is 1. The van der Waals surface area contributed by atoms with Crippen LogP contribution in [0.2, 0.25) is 0 Å². The summed E-state index contributed by atoms with van der Waals surface area (Å²) in [6.45, 7) is 3.33. The van der Waals surface area contributed by atoms with Crippen molar-refractivity contribution >= 4 is 7.82 Å². The predicted molar refractivity (Wildman–Crippen MR) is 71.8 cm³/mol. The molecule has 0 unspecified atom stereocenters. The Hall–Kier alpha value is -1.25. The highest BCUT2D eigenvalue weighted by molar-refractivity contribution is 7.46. The quantitative estimate of drug-likeness (QED) is 0.666. The van der Waals surface area contributed by atoms with Gasteiger partial charge >= 0.3 is 13.5 Å². The van der Waals surface area contributed by atoms with Crippen molar-refractivity contribution in [2.24, 2.45) is 0 Å². The number of hydrogen-bond donors (Lipinski definition) is 3. The zero-order valence-corrected chi connectivity index (χ0v) is 12.4. The third-order valence-electron chi connectivity index (χ3n) is 3.31. The lowest BCUT2D eigenvalue weighted by atomic mass is 10.1. The first kappa shape index (κ1) is 16.1. The molecule has 9 nitrogen and oxygen atoms in total. The molecule has 0 radical (unpaired) electrons. The Bertz CT molecular complexity index is 676. The monoisotopic (exact) mass is 320 g/mol. The third-order valence-corrected chi connectivity index (χ3v) is 3.86. The van der Waals surface area contributed by atoms with Gasteiger partial charge in [0, 0.05) is 18.2 Å². The Kier molecular flexibility index (Phi) is 4.50. The fraction of sp³-hybridized carbons (Fsp3) is 0.636. The molecule has 3 atom stereocenters. The lowest BCUT2D eigenvalue weighted by Gasteiger charge is -2.17. The molecule has 0 aromatic carbocycles. The Morgan fingerprint density at radius 1 is 1.52 bits per heavy atom. The molecule has 118 valence electrons. The second kappa shape index (κ2) is 5.86. The molecule has 2 rings (SSSR count). The molecule has 1 aliphatic rings. The van der Waals surface area contributed by atoms with E-state index in [-0.39, 0.29) is 6.42 Å². The molecule has 1 aromatic heterocycles. The summed E-state index contributed by atoms with van der Waals surface area (Å²) in [5.41, 5.74) is -0.780. The largest absolute Gasteiger partial charge is 0.469 e. The summed E-state index contributed by atoms with van der Waals surface area (Å²) in [4.78, 5) is 43.1. The van der Waals surface area contributed by atoms with E-state index in [0.717, 1.165) is 0 Å². The van der Waals surface area contributed by atoms with Crippen LogP contribution in [0.15, 0.2) is 15.8 Å². The van der Waals surface area contributed by atoms with E-state index in [9.17, 15) is 14.2 Å². The number of aromatic nitrogens is 2. The van der Waals surface area contributed by atoms with Gasteiger partial charge < -0.3 is 14.5 Å². The standard InChI is InChI=1S/C11H17N2O7P/c1-3-7-8(20-21(16,17)18)4-9(19-7)13-5-6(2)10(14)12-11(13)15/h5,7-9H,3-4H2,1-2H3,(H,12,14,15)(H2,16,17,18)/t7-,8-,9-/m1/s1. The normalized spacial score (nSPS) is 26.2. The number of hydrogen-bond acceptors (Lipinski definition) is 5. The molecule has 0 aliphatic carbocycles. The average molecular weight is 320 g/mol. The van der Waals surface area contributed by atoms with E-state index in [1.165, 1.54) is 10.8 Å². The highest BCUT2D eigenvalue weighted by Crippen LogP contribution is 2.43. The van der Waals surface area contributed by atoms with Crippen LogP contribution in [0.25, 0.3) is 0 Å². The summed E-state index contributed by atoms with van der Waals surface area (Å²) < 4.78 is 22.5. The topological polar surface area (TPSA) is 131 Å². The first-order valence-electron chi connectivity index (χ1n) is 6.42. The third kappa shape index (κ3) is 3.69. The van der Waals surface area contributed by atoms with Crippen molar-refractivity contribution in [2.45, 2.75) is 45.1 Å². The van der Waals surface area contributed by atoms with Crippen molar-refractivity contribution in [1.82, 2.24) is 9.55 Å². The lowest BCUT2D eigenvalue weighted by molar-refractivity contribution is -0.0216. The van der Waals surface area contributed by atoms with E-state index >= 15 is 0 Å². The van der Waals surface area contributed by atoms with Crippen LogP contribution in [0.1, 0.15) is 31.6 Å². The molecule has 0 amide bonds. The van der Waals surface area contributed by atoms with Gasteiger partial charge in [-0.25, -0.2) is 9.36 Å². The number of phosphoric acid groups is 1. The molecule has 0 bridgehead atoms. The Morgan fingerprint density at radius 2 is 2.19 bits per heavy atom. The van der Waals surface area contributed by atoms with Gasteiger partial charge in [0.25, 0.3) is 5.56 Å². The zero-order valence-electron chi connectivity index (χ0n) is 11.6. The van der Waals surface area contributed by atoms with Crippen molar-refractivity contribution in [3.05, 3.63) is 32.6 Å². The second-order valence-electron chi connectivity index (χ2n) is 4.89. The maximum absolute atomic E-state index is 11.8. The van der Waals surface area contributed by atoms with Crippen molar-refractivity contribution in [3.63, 3.8) is 0 Å². The molecule has 10 heteroatoms. The molecule has 1 aromatic rings. The van der Waals surface area contributed by atoms with Crippen LogP contribution in [0, 0.1) is 6.92 Å². The van der Waals surface area contributed by atoms with Gasteiger partial charge in [-0.15, -0.1) is 0 Å². The van der Waals surface area contributed by atoms with Gasteiger partial charge in [-0.3, -0.25) is 18.9 Å². The van der Waals surface area contributed by atoms with Crippen LogP contribution < -0.4 is 11.2 Å². The minimum absolute atomic E-state index is 0.106. The fourth-order valence-electron chi connectivity index (χ4n) is 2.32. The lowest BCUT2D eigenvalue weighted by Crippen LogP contribution is -2.33. The maximum Gasteiger partial charge on any atom is 0.469 e. The molecule has 1 aliphatic heterocycles. The first-order valence-corrected chi connectivity index (χ1v) is 7.95. The van der Waals surface area contributed by atoms with Gasteiger partial charge in [0.05, 0.1) is 12.2 Å². The fourth-order valence-corrected chi connectivity index (χ4v) is 2.90. The molecular formula is C11H17N2O7P. The number of aryl methyl sites for hydroxylation is 1. The number of H-pyrrole nitrogens is 1. The van der Waals surface area contributed by atoms with Crippen LogP contribution in [-0.2, 0) is 13.8 Å². The highest BCUT2D eigenvalue weighted by atomic mass is 31.2. The number of nitrogens with zero attached hydrogens (tertiary/aromatic N) is 1. The molecule has 0 saturated carbocycles. The van der Waals surface area contributed by atoms with Crippen molar-refractivity contribution in [3.8, 4) is 0 Å². The van der Waals surface area contributed by atoms with Crippen LogP contribution in [0.5, 0.6) is 0 Å². The van der Waals surface area contributed by atoms with Crippen LogP contribution in [0.3, 0.4) is 0 Å². The molecule has 2 heterocycles. The first-order chi connectivity index (χ1) is 9.71. The Balaban J connectivity index is 2.27. The number of nitrogens with one attached hydrogen (secondary N) is 1. The summed E-state index contributed by atoms with van der Waals surface area (Å²) in [6, 6.07) is 0. The summed E-state index contributed by atoms with van der Waals surface area (Å²) in [7, 11) is -4.64. The van der Waals surface area contributed by atoms with Gasteiger partial charge in [-0.05, 0) is 13.3 Å². The second-order valence-corrected chi connectivity index (χ2v) is 6.08. The van der Waals surface area contributed by atoms with Crippen molar-refractivity contribution < 1.29 is 23.6 Å². The predicted octanol–water partition coefficient (Wildman–Crippen LogP) is 0.0204. The van der Waals surface area contributed by atoms with Crippen LogP contribution >= 0.6 is 7.82 Å². The molecular weight excluding hydrogens is 303 g/mol. The number of rotatable bonds is 4. The molecule has 0 spiro atoms. The van der Waals surface area contributed by atoms with Crippen LogP contribution in [0.4, 0.5) is 0 Å². The van der Waals surface area contributed by atoms with E-state index < -0.39 is 37.5 Å². The van der Waals surface area contributed by atoms with E-state index in [1.807, 2.05) is 0 Å². The number of phosphoric ester groups is 1. The van der Waals surface area contributed by atoms with Crippen molar-refractivity contribution in [1.29, 1.82) is 0 Å². The van der Waals surface area contributed by atoms with E-state index in [1.54, 1.807) is 13.8 Å². The summed E-state index contributed by atoms with van der Waals surface area (Å²) in [5, 5.41) is 0. The molecule has 21 heavy (non-hydrogen) atoms. The van der Waals surface area contributed by atoms with Gasteiger partial charge in [0.1, 0.15) is 6.23 Å². The summed E-state index contributed by atoms with van der Waals surface area (Å²) in [6.07, 6.45) is -0.164. The van der Waals surface area contributed by atoms with E-state index in [4.69, 9.17) is 19.0 Å². The summed E-state index contributed by atoms with van der Waals surface area (Å²) >= 11 is 0. The molecule has 1 fully saturated rings. The minimum atomic E-state index is -4.64. The SMILES string of the molecule is CC[C@H]1O[C@@H](n2cc(C)c(=O)[nH]c2=O)C[C@H]1OP(=O)(O)O. The van der Waals surface area contributed by atoms with Crippen molar-refractivity contribution in [2.75, 3.05) is 0 Å². The minimum Gasteiger partial charge on any atom is -0.352 e. The maximum atomic E-state index is 11.8. The van der Waals surface area contributed by atoms with E-state index in [0.29, 0.717) is 12.0 Å². The van der Waals surface area contributed by atoms with E-state index in [2.05, 4.69) is 4.98 Å². The number of ether oxygens (including phenoxy) is 1.